The first-order chi connectivity index (χ1) is 9.41. The molecule has 3 rings (SSSR count). The lowest BCUT2D eigenvalue weighted by atomic mass is 9.99. The van der Waals surface area contributed by atoms with Gasteiger partial charge in [-0.3, -0.25) is 4.99 Å². The molecule has 2 fully saturated rings. The summed E-state index contributed by atoms with van der Waals surface area (Å²) in [5, 5.41) is 29.3. The maximum absolute atomic E-state index is 13.2. The zero-order valence-electron chi connectivity index (χ0n) is 10.5. The first-order valence-corrected chi connectivity index (χ1v) is 7.29. The van der Waals surface area contributed by atoms with Crippen LogP contribution in [0.25, 0.3) is 0 Å². The molecule has 0 amide bonds. The number of likely N-dealkylation sites (tertiary alicyclic amines) is 1. The Kier molecular flexibility index (Phi) is 3.66. The molecule has 0 aromatic rings. The van der Waals surface area contributed by atoms with Gasteiger partial charge in [0.2, 0.25) is 0 Å². The summed E-state index contributed by atoms with van der Waals surface area (Å²) in [4.78, 5) is 5.68. The molecule has 0 aromatic heterocycles. The third-order valence-corrected chi connectivity index (χ3v) is 4.97. The highest BCUT2D eigenvalue weighted by molar-refractivity contribution is 8.14. The second-order valence-corrected chi connectivity index (χ2v) is 6.32. The van der Waals surface area contributed by atoms with Crippen molar-refractivity contribution < 1.29 is 28.8 Å². The van der Waals surface area contributed by atoms with Crippen LogP contribution >= 0.6 is 11.8 Å². The first kappa shape index (κ1) is 14.5. The molecule has 3 N–H and O–H groups in total. The highest BCUT2D eigenvalue weighted by Crippen LogP contribution is 2.39. The van der Waals surface area contributed by atoms with Crippen molar-refractivity contribution in [2.24, 2.45) is 4.99 Å². The fourth-order valence-electron chi connectivity index (χ4n) is 2.62. The lowest BCUT2D eigenvalue weighted by Crippen LogP contribution is -2.55. The minimum Gasteiger partial charge on any atom is -0.394 e. The molecule has 1 unspecified atom stereocenters. The number of aliphatic hydroxyl groups is 3. The smallest absolute Gasteiger partial charge is 0.267 e. The molecule has 0 radical (unpaired) electrons. The average molecular weight is 310 g/mol. The summed E-state index contributed by atoms with van der Waals surface area (Å²) in [6.07, 6.45) is -3.50. The van der Waals surface area contributed by atoms with Gasteiger partial charge in [-0.25, -0.2) is 8.78 Å². The van der Waals surface area contributed by atoms with Crippen molar-refractivity contribution in [1.29, 1.82) is 0 Å². The number of aliphatic hydroxyl groups excluding tert-OH is 3. The second-order valence-electron chi connectivity index (χ2n) is 5.25. The van der Waals surface area contributed by atoms with Crippen LogP contribution in [-0.4, -0.2) is 80.8 Å². The van der Waals surface area contributed by atoms with E-state index in [4.69, 9.17) is 9.84 Å². The van der Waals surface area contributed by atoms with E-state index in [2.05, 4.69) is 4.99 Å². The molecule has 3 heterocycles. The van der Waals surface area contributed by atoms with Crippen molar-refractivity contribution in [1.82, 2.24) is 4.90 Å². The number of halogens is 2. The number of aliphatic imine (C=N–C) groups is 1. The van der Waals surface area contributed by atoms with E-state index in [-0.39, 0.29) is 19.5 Å². The van der Waals surface area contributed by atoms with E-state index in [0.29, 0.717) is 5.17 Å². The Bertz CT molecular complexity index is 425. The Hall–Kier alpha value is -0.480. The summed E-state index contributed by atoms with van der Waals surface area (Å²) in [5.41, 5.74) is -0.560. The normalized spacial score (nSPS) is 43.5. The van der Waals surface area contributed by atoms with Crippen LogP contribution in [0.4, 0.5) is 8.78 Å². The van der Waals surface area contributed by atoms with E-state index >= 15 is 0 Å². The van der Waals surface area contributed by atoms with Crippen LogP contribution in [0.2, 0.25) is 0 Å². The number of amidine groups is 1. The number of fused-ring (bicyclic) bond motifs is 1. The Balaban J connectivity index is 1.73. The maximum Gasteiger partial charge on any atom is 0.267 e. The van der Waals surface area contributed by atoms with Crippen molar-refractivity contribution in [3.8, 4) is 0 Å². The molecule has 114 valence electrons. The van der Waals surface area contributed by atoms with Gasteiger partial charge < -0.3 is 25.0 Å². The number of hydrogen-bond donors (Lipinski definition) is 3. The first-order valence-electron chi connectivity index (χ1n) is 6.41. The lowest BCUT2D eigenvalue weighted by molar-refractivity contribution is -0.164. The van der Waals surface area contributed by atoms with E-state index in [1.54, 1.807) is 0 Å². The van der Waals surface area contributed by atoms with Gasteiger partial charge in [0, 0.05) is 13.0 Å². The Morgan fingerprint density at radius 2 is 2.15 bits per heavy atom. The molecule has 0 aromatic carbocycles. The molecule has 0 spiro atoms. The molecule has 2 saturated heterocycles. The van der Waals surface area contributed by atoms with Gasteiger partial charge in [-0.1, -0.05) is 11.8 Å². The largest absolute Gasteiger partial charge is 0.394 e. The summed E-state index contributed by atoms with van der Waals surface area (Å²) >= 11 is 1.16. The SMILES string of the molecule is OC[C@H]1O[C@@H]2SC(N3CCC(F)(F)C3)=N[C@@H]2[C@@H](O)C1O. The number of hydrogen-bond acceptors (Lipinski definition) is 7. The van der Waals surface area contributed by atoms with Crippen molar-refractivity contribution >= 4 is 16.9 Å². The quantitative estimate of drug-likeness (QED) is 0.590. The number of alkyl halides is 2. The highest BCUT2D eigenvalue weighted by Gasteiger charge is 2.50. The van der Waals surface area contributed by atoms with Crippen LogP contribution < -0.4 is 0 Å². The van der Waals surface area contributed by atoms with Gasteiger partial charge in [0.25, 0.3) is 5.92 Å². The standard InChI is InChI=1S/C11H16F2N2O4S/c12-11(13)1-2-15(4-11)10-14-6-8(18)7(17)5(3-16)19-9(6)20-10/h5-9,16-18H,1-4H2/t5-,6-,7?,8-,9-/m1/s1. The fraction of sp³-hybridized carbons (Fsp3) is 0.909. The van der Waals surface area contributed by atoms with Crippen LogP contribution in [-0.2, 0) is 4.74 Å². The minimum absolute atomic E-state index is 0.209. The predicted molar refractivity (Wildman–Crippen MR) is 67.7 cm³/mol. The van der Waals surface area contributed by atoms with E-state index in [1.807, 2.05) is 0 Å². The van der Waals surface area contributed by atoms with Crippen LogP contribution in [0.15, 0.2) is 4.99 Å². The molecule has 3 aliphatic rings. The molecule has 9 heteroatoms. The monoisotopic (exact) mass is 310 g/mol. The van der Waals surface area contributed by atoms with Gasteiger partial charge in [0.15, 0.2) is 5.17 Å². The lowest BCUT2D eigenvalue weighted by Gasteiger charge is -2.37. The molecule has 0 saturated carbocycles. The molecular formula is C11H16F2N2O4S. The molecular weight excluding hydrogens is 294 g/mol. The number of nitrogens with zero attached hydrogens (tertiary/aromatic N) is 2. The third-order valence-electron chi connectivity index (χ3n) is 3.77. The summed E-state index contributed by atoms with van der Waals surface area (Å²) < 4.78 is 31.9. The van der Waals surface area contributed by atoms with Gasteiger partial charge >= 0.3 is 0 Å². The minimum atomic E-state index is -2.72. The fourth-order valence-corrected chi connectivity index (χ4v) is 3.87. The van der Waals surface area contributed by atoms with Crippen LogP contribution in [0.3, 0.4) is 0 Å². The number of thioether (sulfide) groups is 1. The molecule has 0 aliphatic carbocycles. The number of rotatable bonds is 1. The van der Waals surface area contributed by atoms with E-state index < -0.39 is 42.3 Å². The molecule has 20 heavy (non-hydrogen) atoms. The Morgan fingerprint density at radius 3 is 2.75 bits per heavy atom. The van der Waals surface area contributed by atoms with Gasteiger partial charge in [-0.2, -0.15) is 0 Å². The zero-order chi connectivity index (χ0) is 14.5. The Morgan fingerprint density at radius 1 is 1.40 bits per heavy atom. The molecule has 6 nitrogen and oxygen atoms in total. The summed E-state index contributed by atoms with van der Waals surface area (Å²) in [6.45, 7) is -0.597. The second kappa shape index (κ2) is 5.06. The molecule has 3 aliphatic heterocycles. The topological polar surface area (TPSA) is 85.5 Å². The van der Waals surface area contributed by atoms with E-state index in [1.165, 1.54) is 4.90 Å². The average Bonchev–Trinajstić information content (AvgIpc) is 2.97. The van der Waals surface area contributed by atoms with Crippen LogP contribution in [0.1, 0.15) is 6.42 Å². The summed E-state index contributed by atoms with van der Waals surface area (Å²) in [5.74, 6) is -2.72. The van der Waals surface area contributed by atoms with Crippen molar-refractivity contribution in [2.75, 3.05) is 19.7 Å². The third kappa shape index (κ3) is 2.41. The van der Waals surface area contributed by atoms with Crippen molar-refractivity contribution in [2.45, 2.75) is 42.1 Å². The predicted octanol–water partition coefficient (Wildman–Crippen LogP) is -0.762. The zero-order valence-corrected chi connectivity index (χ0v) is 11.3. The highest BCUT2D eigenvalue weighted by atomic mass is 32.2. The van der Waals surface area contributed by atoms with E-state index in [0.717, 1.165) is 11.8 Å². The van der Waals surface area contributed by atoms with Crippen molar-refractivity contribution in [3.05, 3.63) is 0 Å². The summed E-state index contributed by atoms with van der Waals surface area (Å²) in [7, 11) is 0. The van der Waals surface area contributed by atoms with Gasteiger partial charge in [0.05, 0.1) is 13.2 Å². The molecule has 0 bridgehead atoms. The molecule has 5 atom stereocenters. The van der Waals surface area contributed by atoms with Gasteiger partial charge in [-0.05, 0) is 0 Å². The number of ether oxygens (including phenoxy) is 1. The van der Waals surface area contributed by atoms with E-state index in [9.17, 15) is 19.0 Å². The van der Waals surface area contributed by atoms with Crippen molar-refractivity contribution in [3.63, 3.8) is 0 Å². The van der Waals surface area contributed by atoms with Crippen LogP contribution in [0.5, 0.6) is 0 Å². The Labute approximate surface area is 118 Å². The summed E-state index contributed by atoms with van der Waals surface area (Å²) in [6, 6.07) is -0.693. The van der Waals surface area contributed by atoms with Crippen LogP contribution in [0, 0.1) is 0 Å². The van der Waals surface area contributed by atoms with Gasteiger partial charge in [-0.15, -0.1) is 0 Å². The maximum atomic E-state index is 13.2. The van der Waals surface area contributed by atoms with Gasteiger partial charge in [0.1, 0.15) is 29.8 Å².